The van der Waals surface area contributed by atoms with Crippen molar-refractivity contribution in [2.45, 2.75) is 38.9 Å². The van der Waals surface area contributed by atoms with Crippen molar-refractivity contribution in [3.05, 3.63) is 52.5 Å². The number of nitrogens with zero attached hydrogens (tertiary/aromatic N) is 3. The number of likely N-dealkylation sites (tertiary alicyclic amines) is 1. The third-order valence-corrected chi connectivity index (χ3v) is 5.84. The van der Waals surface area contributed by atoms with Gasteiger partial charge in [-0.1, -0.05) is 18.2 Å². The lowest BCUT2D eigenvalue weighted by Gasteiger charge is -2.32. The highest BCUT2D eigenvalue weighted by molar-refractivity contribution is 7.09. The number of rotatable bonds is 5. The van der Waals surface area contributed by atoms with E-state index in [1.165, 1.54) is 4.88 Å². The molecule has 3 heterocycles. The van der Waals surface area contributed by atoms with E-state index in [2.05, 4.69) is 32.7 Å². The molecule has 0 radical (unpaired) electrons. The molecule has 1 aromatic carbocycles. The average molecular weight is 369 g/mol. The molecule has 3 aromatic rings. The molecule has 1 N–H and O–H groups in total. The number of piperidine rings is 1. The Morgan fingerprint density at radius 3 is 3.04 bits per heavy atom. The minimum absolute atomic E-state index is 0.0687. The molecule has 0 saturated carbocycles. The number of hydrogen-bond acceptors (Lipinski definition) is 4. The molecule has 4 rings (SSSR count). The maximum Gasteiger partial charge on any atom is 0.240 e. The van der Waals surface area contributed by atoms with Gasteiger partial charge in [-0.15, -0.1) is 11.3 Å². The standard InChI is InChI=1S/C20H24N4OS/c1-15-21-18-8-2-3-9-19(18)24(15)14-20(25)22-16-6-4-10-23(12-16)13-17-7-5-11-26-17/h2-3,5,7-9,11,16H,4,6,10,12-14H2,1H3,(H,22,25). The predicted octanol–water partition coefficient (Wildman–Crippen LogP) is 3.19. The molecule has 0 bridgehead atoms. The molecule has 0 aliphatic carbocycles. The van der Waals surface area contributed by atoms with Gasteiger partial charge in [0.15, 0.2) is 0 Å². The number of para-hydroxylation sites is 2. The van der Waals surface area contributed by atoms with Crippen molar-refractivity contribution >= 4 is 28.3 Å². The Balaban J connectivity index is 1.37. The summed E-state index contributed by atoms with van der Waals surface area (Å²) in [6.07, 6.45) is 2.18. The molecule has 1 unspecified atom stereocenters. The van der Waals surface area contributed by atoms with Gasteiger partial charge in [-0.2, -0.15) is 0 Å². The van der Waals surface area contributed by atoms with E-state index in [1.807, 2.05) is 35.8 Å². The van der Waals surface area contributed by atoms with Gasteiger partial charge in [-0.25, -0.2) is 4.98 Å². The van der Waals surface area contributed by atoms with E-state index in [0.29, 0.717) is 6.54 Å². The number of carbonyl (C=O) groups is 1. The van der Waals surface area contributed by atoms with E-state index in [4.69, 9.17) is 0 Å². The van der Waals surface area contributed by atoms with E-state index in [-0.39, 0.29) is 11.9 Å². The Kier molecular flexibility index (Phi) is 5.04. The zero-order valence-electron chi connectivity index (χ0n) is 15.0. The summed E-state index contributed by atoms with van der Waals surface area (Å²) in [4.78, 5) is 21.0. The van der Waals surface area contributed by atoms with Crippen LogP contribution in [-0.2, 0) is 17.9 Å². The van der Waals surface area contributed by atoms with Gasteiger partial charge < -0.3 is 9.88 Å². The molecule has 5 nitrogen and oxygen atoms in total. The average Bonchev–Trinajstić information content (AvgIpc) is 3.24. The largest absolute Gasteiger partial charge is 0.351 e. The summed E-state index contributed by atoms with van der Waals surface area (Å²) in [7, 11) is 0. The first-order valence-corrected chi connectivity index (χ1v) is 10.0. The van der Waals surface area contributed by atoms with E-state index >= 15 is 0 Å². The topological polar surface area (TPSA) is 50.2 Å². The van der Waals surface area contributed by atoms with Crippen LogP contribution in [0.3, 0.4) is 0 Å². The first-order chi connectivity index (χ1) is 12.7. The van der Waals surface area contributed by atoms with Gasteiger partial charge in [0.05, 0.1) is 11.0 Å². The van der Waals surface area contributed by atoms with Gasteiger partial charge in [0.2, 0.25) is 5.91 Å². The summed E-state index contributed by atoms with van der Waals surface area (Å²) >= 11 is 1.80. The molecule has 1 saturated heterocycles. The van der Waals surface area contributed by atoms with Gasteiger partial charge in [-0.3, -0.25) is 9.69 Å². The summed E-state index contributed by atoms with van der Waals surface area (Å²) in [5, 5.41) is 5.35. The number of thiophene rings is 1. The summed E-state index contributed by atoms with van der Waals surface area (Å²) in [6.45, 7) is 5.29. The first-order valence-electron chi connectivity index (χ1n) is 9.15. The lowest BCUT2D eigenvalue weighted by molar-refractivity contribution is -0.122. The van der Waals surface area contributed by atoms with E-state index in [9.17, 15) is 4.79 Å². The number of hydrogen-bond donors (Lipinski definition) is 1. The number of fused-ring (bicyclic) bond motifs is 1. The van der Waals surface area contributed by atoms with Gasteiger partial charge in [0.1, 0.15) is 12.4 Å². The monoisotopic (exact) mass is 368 g/mol. The van der Waals surface area contributed by atoms with Crippen LogP contribution in [0.25, 0.3) is 11.0 Å². The Morgan fingerprint density at radius 2 is 2.19 bits per heavy atom. The molecule has 1 fully saturated rings. The highest BCUT2D eigenvalue weighted by atomic mass is 32.1. The van der Waals surface area contributed by atoms with Crippen LogP contribution in [0.4, 0.5) is 0 Å². The molecular formula is C20H24N4OS. The minimum atomic E-state index is 0.0687. The normalized spacial score (nSPS) is 18.3. The summed E-state index contributed by atoms with van der Waals surface area (Å²) in [6, 6.07) is 12.5. The maximum atomic E-state index is 12.6. The van der Waals surface area contributed by atoms with Gasteiger partial charge in [0.25, 0.3) is 0 Å². The molecule has 6 heteroatoms. The zero-order chi connectivity index (χ0) is 17.9. The third-order valence-electron chi connectivity index (χ3n) is 4.98. The summed E-state index contributed by atoms with van der Waals surface area (Å²) in [5.41, 5.74) is 1.96. The van der Waals surface area contributed by atoms with Crippen LogP contribution in [0.15, 0.2) is 41.8 Å². The number of aromatic nitrogens is 2. The number of aryl methyl sites for hydroxylation is 1. The van der Waals surface area contributed by atoms with Gasteiger partial charge in [0, 0.05) is 24.0 Å². The number of nitrogens with one attached hydrogen (secondary N) is 1. The lowest BCUT2D eigenvalue weighted by Crippen LogP contribution is -2.48. The Morgan fingerprint density at radius 1 is 1.31 bits per heavy atom. The first kappa shape index (κ1) is 17.2. The van der Waals surface area contributed by atoms with Crippen LogP contribution in [0, 0.1) is 6.92 Å². The number of amides is 1. The highest BCUT2D eigenvalue weighted by Crippen LogP contribution is 2.18. The van der Waals surface area contributed by atoms with E-state index in [1.54, 1.807) is 11.3 Å². The SMILES string of the molecule is Cc1nc2ccccc2n1CC(=O)NC1CCCN(Cc2cccs2)C1. The molecule has 26 heavy (non-hydrogen) atoms. The quantitative estimate of drug-likeness (QED) is 0.752. The molecule has 1 aliphatic heterocycles. The van der Waals surface area contributed by atoms with E-state index < -0.39 is 0 Å². The molecule has 1 aliphatic rings. The van der Waals surface area contributed by atoms with Crippen molar-refractivity contribution < 1.29 is 4.79 Å². The van der Waals surface area contributed by atoms with Crippen LogP contribution in [0.5, 0.6) is 0 Å². The smallest absolute Gasteiger partial charge is 0.240 e. The lowest BCUT2D eigenvalue weighted by atomic mass is 10.1. The van der Waals surface area contributed by atoms with Crippen LogP contribution in [0.1, 0.15) is 23.5 Å². The molecule has 0 spiro atoms. The molecule has 2 aromatic heterocycles. The minimum Gasteiger partial charge on any atom is -0.351 e. The fourth-order valence-electron chi connectivity index (χ4n) is 3.75. The number of carbonyl (C=O) groups excluding carboxylic acids is 1. The van der Waals surface area contributed by atoms with Crippen LogP contribution in [0.2, 0.25) is 0 Å². The van der Waals surface area contributed by atoms with Gasteiger partial charge >= 0.3 is 0 Å². The third kappa shape index (κ3) is 3.81. The second-order valence-corrected chi connectivity index (χ2v) is 7.99. The van der Waals surface area contributed by atoms with Crippen LogP contribution < -0.4 is 5.32 Å². The fourth-order valence-corrected chi connectivity index (χ4v) is 4.50. The van der Waals surface area contributed by atoms with Crippen molar-refractivity contribution in [3.63, 3.8) is 0 Å². The van der Waals surface area contributed by atoms with Gasteiger partial charge in [-0.05, 0) is 49.9 Å². The molecule has 1 amide bonds. The van der Waals surface area contributed by atoms with Crippen molar-refractivity contribution in [2.24, 2.45) is 0 Å². The number of imidazole rings is 1. The van der Waals surface area contributed by atoms with Crippen LogP contribution >= 0.6 is 11.3 Å². The summed E-state index contributed by atoms with van der Waals surface area (Å²) < 4.78 is 2.00. The van der Waals surface area contributed by atoms with Crippen molar-refractivity contribution in [1.29, 1.82) is 0 Å². The van der Waals surface area contributed by atoms with Crippen molar-refractivity contribution in [1.82, 2.24) is 19.8 Å². The molecule has 1 atom stereocenters. The van der Waals surface area contributed by atoms with Crippen molar-refractivity contribution in [3.8, 4) is 0 Å². The summed E-state index contributed by atoms with van der Waals surface area (Å²) in [5.74, 6) is 0.948. The highest BCUT2D eigenvalue weighted by Gasteiger charge is 2.22. The Hall–Kier alpha value is -2.18. The maximum absolute atomic E-state index is 12.6. The zero-order valence-corrected chi connectivity index (χ0v) is 15.8. The Labute approximate surface area is 157 Å². The van der Waals surface area contributed by atoms with Crippen LogP contribution in [-0.4, -0.2) is 39.5 Å². The van der Waals surface area contributed by atoms with E-state index in [0.717, 1.165) is 49.3 Å². The van der Waals surface area contributed by atoms with Crippen molar-refractivity contribution in [2.75, 3.05) is 13.1 Å². The fraction of sp³-hybridized carbons (Fsp3) is 0.400. The predicted molar refractivity (Wildman–Crippen MR) is 105 cm³/mol. The molecule has 136 valence electrons. The second-order valence-electron chi connectivity index (χ2n) is 6.96. The number of benzene rings is 1. The molecular weight excluding hydrogens is 344 g/mol. The Bertz CT molecular complexity index is 886. The second kappa shape index (κ2) is 7.60.